The molecule has 68 valence electrons. The molecule has 1 heterocycles. The number of allylic oxidation sites excluding steroid dienone is 4. The van der Waals surface area contributed by atoms with E-state index in [-0.39, 0.29) is 0 Å². The lowest BCUT2D eigenvalue weighted by molar-refractivity contribution is 0.781. The Kier molecular flexibility index (Phi) is 2.96. The van der Waals surface area contributed by atoms with Crippen molar-refractivity contribution < 1.29 is 0 Å². The molecular formula is C11H19N. The minimum atomic E-state index is 1.18. The van der Waals surface area contributed by atoms with Gasteiger partial charge in [-0.1, -0.05) is 13.8 Å². The molecule has 12 heavy (non-hydrogen) atoms. The van der Waals surface area contributed by atoms with Crippen molar-refractivity contribution in [3.05, 3.63) is 22.5 Å². The van der Waals surface area contributed by atoms with E-state index in [1.807, 2.05) is 0 Å². The van der Waals surface area contributed by atoms with Gasteiger partial charge < -0.3 is 5.32 Å². The molecule has 1 heteroatoms. The maximum absolute atomic E-state index is 3.44. The minimum Gasteiger partial charge on any atom is -0.363 e. The molecule has 0 aromatic rings. The molecule has 0 aliphatic carbocycles. The van der Waals surface area contributed by atoms with Crippen molar-refractivity contribution in [3.63, 3.8) is 0 Å². The van der Waals surface area contributed by atoms with Crippen LogP contribution in [0.25, 0.3) is 0 Å². The predicted octanol–water partition coefficient (Wildman–Crippen LogP) is 3.35. The molecule has 0 atom stereocenters. The fourth-order valence-electron chi connectivity index (χ4n) is 1.76. The molecule has 1 aliphatic rings. The van der Waals surface area contributed by atoms with E-state index in [0.29, 0.717) is 0 Å². The molecule has 0 spiro atoms. The van der Waals surface area contributed by atoms with Crippen LogP contribution in [0.4, 0.5) is 0 Å². The highest BCUT2D eigenvalue weighted by Gasteiger charge is 2.11. The second kappa shape index (κ2) is 3.79. The van der Waals surface area contributed by atoms with E-state index in [9.17, 15) is 0 Å². The highest BCUT2D eigenvalue weighted by atomic mass is 14.9. The first-order valence-corrected chi connectivity index (χ1v) is 4.83. The lowest BCUT2D eigenvalue weighted by atomic mass is 9.95. The first kappa shape index (κ1) is 9.37. The van der Waals surface area contributed by atoms with Crippen LogP contribution in [-0.2, 0) is 0 Å². The summed E-state index contributed by atoms with van der Waals surface area (Å²) in [5.41, 5.74) is 5.87. The molecule has 0 radical (unpaired) electrons. The van der Waals surface area contributed by atoms with E-state index in [4.69, 9.17) is 0 Å². The molecule has 0 aromatic heterocycles. The monoisotopic (exact) mass is 165 g/mol. The van der Waals surface area contributed by atoms with Gasteiger partial charge in [0.2, 0.25) is 0 Å². The van der Waals surface area contributed by atoms with Crippen molar-refractivity contribution in [2.75, 3.05) is 0 Å². The van der Waals surface area contributed by atoms with Crippen LogP contribution in [0.3, 0.4) is 0 Å². The van der Waals surface area contributed by atoms with E-state index in [2.05, 4.69) is 33.0 Å². The Hall–Kier alpha value is -0.720. The van der Waals surface area contributed by atoms with E-state index < -0.39 is 0 Å². The van der Waals surface area contributed by atoms with E-state index in [1.54, 1.807) is 11.1 Å². The lowest BCUT2D eigenvalue weighted by Gasteiger charge is -2.23. The van der Waals surface area contributed by atoms with Gasteiger partial charge in [-0.3, -0.25) is 0 Å². The Morgan fingerprint density at radius 3 is 1.75 bits per heavy atom. The fourth-order valence-corrected chi connectivity index (χ4v) is 1.76. The van der Waals surface area contributed by atoms with Gasteiger partial charge in [-0.15, -0.1) is 0 Å². The molecule has 0 saturated carbocycles. The van der Waals surface area contributed by atoms with Crippen LogP contribution >= 0.6 is 0 Å². The molecule has 0 aromatic carbocycles. The Morgan fingerprint density at radius 1 is 1.00 bits per heavy atom. The van der Waals surface area contributed by atoms with E-state index in [1.165, 1.54) is 30.7 Å². The van der Waals surface area contributed by atoms with Crippen molar-refractivity contribution in [3.8, 4) is 0 Å². The number of hydrogen-bond acceptors (Lipinski definition) is 1. The molecule has 1 aliphatic heterocycles. The maximum atomic E-state index is 3.44. The third-order valence-corrected chi connectivity index (χ3v) is 2.72. The molecule has 0 fully saturated rings. The Bertz CT molecular complexity index is 209. The Morgan fingerprint density at radius 2 is 1.42 bits per heavy atom. The van der Waals surface area contributed by atoms with Gasteiger partial charge in [0.15, 0.2) is 0 Å². The van der Waals surface area contributed by atoms with Crippen molar-refractivity contribution in [1.82, 2.24) is 5.32 Å². The molecule has 0 saturated heterocycles. The molecular weight excluding hydrogens is 146 g/mol. The zero-order chi connectivity index (χ0) is 9.14. The van der Waals surface area contributed by atoms with Crippen LogP contribution in [0.5, 0.6) is 0 Å². The fraction of sp³-hybridized carbons (Fsp3) is 0.636. The average molecular weight is 165 g/mol. The molecule has 0 amide bonds. The first-order chi connectivity index (χ1) is 5.69. The zero-order valence-corrected chi connectivity index (χ0v) is 8.62. The second-order valence-electron chi connectivity index (χ2n) is 3.47. The summed E-state index contributed by atoms with van der Waals surface area (Å²) < 4.78 is 0. The Labute approximate surface area is 75.6 Å². The summed E-state index contributed by atoms with van der Waals surface area (Å²) in [6, 6.07) is 0. The predicted molar refractivity (Wildman–Crippen MR) is 53.7 cm³/mol. The topological polar surface area (TPSA) is 12.0 Å². The van der Waals surface area contributed by atoms with Crippen LogP contribution in [0.1, 0.15) is 47.0 Å². The number of dihydropyridines is 1. The minimum absolute atomic E-state index is 1.18. The summed E-state index contributed by atoms with van der Waals surface area (Å²) in [6.07, 6.45) is 3.54. The summed E-state index contributed by atoms with van der Waals surface area (Å²) in [4.78, 5) is 0. The SMILES string of the molecule is CCC1=C(C)NC(C)=C(CC)C1. The van der Waals surface area contributed by atoms with Crippen molar-refractivity contribution in [1.29, 1.82) is 0 Å². The third-order valence-electron chi connectivity index (χ3n) is 2.72. The van der Waals surface area contributed by atoms with Crippen LogP contribution in [0, 0.1) is 0 Å². The van der Waals surface area contributed by atoms with Crippen LogP contribution in [0.15, 0.2) is 22.5 Å². The van der Waals surface area contributed by atoms with Crippen LogP contribution in [-0.4, -0.2) is 0 Å². The van der Waals surface area contributed by atoms with Crippen molar-refractivity contribution >= 4 is 0 Å². The van der Waals surface area contributed by atoms with Gasteiger partial charge in [0.25, 0.3) is 0 Å². The number of nitrogens with one attached hydrogen (secondary N) is 1. The normalized spacial score (nSPS) is 18.3. The number of rotatable bonds is 2. The summed E-state index contributed by atoms with van der Waals surface area (Å²) in [5.74, 6) is 0. The van der Waals surface area contributed by atoms with Gasteiger partial charge in [0.05, 0.1) is 0 Å². The molecule has 1 nitrogen and oxygen atoms in total. The zero-order valence-electron chi connectivity index (χ0n) is 8.62. The third kappa shape index (κ3) is 1.71. The second-order valence-corrected chi connectivity index (χ2v) is 3.47. The number of hydrogen-bond donors (Lipinski definition) is 1. The van der Waals surface area contributed by atoms with Gasteiger partial charge in [0.1, 0.15) is 0 Å². The summed E-state index contributed by atoms with van der Waals surface area (Å²) in [6.45, 7) is 8.81. The van der Waals surface area contributed by atoms with E-state index in [0.717, 1.165) is 0 Å². The molecule has 1 rings (SSSR count). The largest absolute Gasteiger partial charge is 0.363 e. The summed E-state index contributed by atoms with van der Waals surface area (Å²) in [5, 5.41) is 3.44. The Balaban J connectivity index is 2.79. The molecule has 0 bridgehead atoms. The summed E-state index contributed by atoms with van der Waals surface area (Å²) >= 11 is 0. The first-order valence-electron chi connectivity index (χ1n) is 4.83. The van der Waals surface area contributed by atoms with Gasteiger partial charge in [0, 0.05) is 11.4 Å². The standard InChI is InChI=1S/C11H19N/c1-5-10-7-11(6-2)9(4)12-8(10)3/h12H,5-7H2,1-4H3. The quantitative estimate of drug-likeness (QED) is 0.661. The van der Waals surface area contributed by atoms with Crippen LogP contribution < -0.4 is 5.32 Å². The molecule has 0 unspecified atom stereocenters. The lowest BCUT2D eigenvalue weighted by Crippen LogP contribution is -2.17. The maximum Gasteiger partial charge on any atom is 0.0112 e. The summed E-state index contributed by atoms with van der Waals surface area (Å²) in [7, 11) is 0. The van der Waals surface area contributed by atoms with Gasteiger partial charge in [-0.2, -0.15) is 0 Å². The van der Waals surface area contributed by atoms with Gasteiger partial charge >= 0.3 is 0 Å². The average Bonchev–Trinajstić information content (AvgIpc) is 2.05. The van der Waals surface area contributed by atoms with Crippen LogP contribution in [0.2, 0.25) is 0 Å². The highest BCUT2D eigenvalue weighted by Crippen LogP contribution is 2.26. The van der Waals surface area contributed by atoms with Gasteiger partial charge in [-0.05, 0) is 44.3 Å². The molecule has 1 N–H and O–H groups in total. The van der Waals surface area contributed by atoms with Crippen molar-refractivity contribution in [2.45, 2.75) is 47.0 Å². The van der Waals surface area contributed by atoms with Crippen molar-refractivity contribution in [2.24, 2.45) is 0 Å². The highest BCUT2D eigenvalue weighted by molar-refractivity contribution is 5.29. The van der Waals surface area contributed by atoms with Gasteiger partial charge in [-0.25, -0.2) is 0 Å². The van der Waals surface area contributed by atoms with E-state index >= 15 is 0 Å². The smallest absolute Gasteiger partial charge is 0.0112 e.